The van der Waals surface area contributed by atoms with Gasteiger partial charge in [0.2, 0.25) is 5.69 Å². The van der Waals surface area contributed by atoms with Gasteiger partial charge >= 0.3 is 11.3 Å². The summed E-state index contributed by atoms with van der Waals surface area (Å²) in [6, 6.07) is 15.5. The van der Waals surface area contributed by atoms with Crippen LogP contribution in [0.15, 0.2) is 63.2 Å². The summed E-state index contributed by atoms with van der Waals surface area (Å²) in [6.45, 7) is 2.01. The van der Waals surface area contributed by atoms with E-state index in [0.29, 0.717) is 11.4 Å². The molecule has 1 N–H and O–H groups in total. The summed E-state index contributed by atoms with van der Waals surface area (Å²) >= 11 is 1.46. The molecule has 0 aliphatic rings. The second-order valence-electron chi connectivity index (χ2n) is 6.18. The third-order valence-electron chi connectivity index (χ3n) is 4.24. The molecule has 0 saturated heterocycles. The third kappa shape index (κ3) is 3.65. The zero-order valence-corrected chi connectivity index (χ0v) is 16.2. The number of aryl methyl sites for hydroxylation is 1. The van der Waals surface area contributed by atoms with E-state index in [1.165, 1.54) is 11.3 Å². The summed E-state index contributed by atoms with van der Waals surface area (Å²) in [4.78, 5) is 16.8. The molecule has 0 aliphatic carbocycles. The van der Waals surface area contributed by atoms with Crippen LogP contribution in [0.3, 0.4) is 0 Å². The topological polar surface area (TPSA) is 72.0 Å². The monoisotopic (exact) mass is 392 g/mol. The molecule has 2 aromatic carbocycles. The standard InChI is InChI=1S/C21H17N3O3S/c1-14-3-8-16(9-4-14)24-20(21(25)27-23-24)18-13-28-19(22-18)12-7-15-5-10-17(26-2)11-6-15/h3-13H,1-2H3/p+1/b12-7+. The normalized spacial score (nSPS) is 11.2. The number of H-pyrrole nitrogens is 1. The zero-order chi connectivity index (χ0) is 19.5. The lowest BCUT2D eigenvalue weighted by Crippen LogP contribution is -2.36. The first-order valence-corrected chi connectivity index (χ1v) is 9.50. The number of aromatic nitrogens is 3. The molecule has 0 radical (unpaired) electrons. The predicted octanol–water partition coefficient (Wildman–Crippen LogP) is 3.86. The molecule has 140 valence electrons. The first-order chi connectivity index (χ1) is 13.6. The fourth-order valence-corrected chi connectivity index (χ4v) is 3.42. The van der Waals surface area contributed by atoms with Gasteiger partial charge in [0, 0.05) is 17.5 Å². The van der Waals surface area contributed by atoms with Crippen LogP contribution in [0.2, 0.25) is 0 Å². The van der Waals surface area contributed by atoms with Crippen molar-refractivity contribution >= 4 is 23.5 Å². The highest BCUT2D eigenvalue weighted by molar-refractivity contribution is 7.10. The van der Waals surface area contributed by atoms with Crippen molar-refractivity contribution in [1.29, 1.82) is 0 Å². The average molecular weight is 392 g/mol. The lowest BCUT2D eigenvalue weighted by Gasteiger charge is -1.98. The van der Waals surface area contributed by atoms with E-state index < -0.39 is 5.63 Å². The summed E-state index contributed by atoms with van der Waals surface area (Å²) in [5.41, 5.74) is 3.44. The van der Waals surface area contributed by atoms with Crippen LogP contribution in [0.5, 0.6) is 5.75 Å². The second kappa shape index (κ2) is 7.66. The first-order valence-electron chi connectivity index (χ1n) is 8.62. The molecule has 0 spiro atoms. The summed E-state index contributed by atoms with van der Waals surface area (Å²) in [6.07, 6.45) is 3.89. The SMILES string of the molecule is COc1ccc(/C=C/c2nc(-c3c(=O)o[nH][n+]3-c3ccc(C)cc3)cs2)cc1. The van der Waals surface area contributed by atoms with Gasteiger partial charge in [0.05, 0.1) is 7.11 Å². The summed E-state index contributed by atoms with van der Waals surface area (Å²) in [5, 5.41) is 5.29. The minimum absolute atomic E-state index is 0.365. The summed E-state index contributed by atoms with van der Waals surface area (Å²) in [5.74, 6) is 0.813. The molecule has 2 aromatic heterocycles. The Bertz CT molecular complexity index is 1170. The van der Waals surface area contributed by atoms with Crippen LogP contribution >= 0.6 is 11.3 Å². The average Bonchev–Trinajstić information content (AvgIpc) is 3.33. The molecule has 6 nitrogen and oxygen atoms in total. The van der Waals surface area contributed by atoms with E-state index in [9.17, 15) is 4.79 Å². The highest BCUT2D eigenvalue weighted by Crippen LogP contribution is 2.20. The van der Waals surface area contributed by atoms with Crippen molar-refractivity contribution in [2.45, 2.75) is 6.92 Å². The van der Waals surface area contributed by atoms with Crippen molar-refractivity contribution in [3.05, 3.63) is 80.5 Å². The number of nitrogens with one attached hydrogen (secondary N) is 1. The largest absolute Gasteiger partial charge is 0.497 e. The van der Waals surface area contributed by atoms with Gasteiger partial charge in [-0.05, 0) is 40.6 Å². The maximum absolute atomic E-state index is 12.2. The highest BCUT2D eigenvalue weighted by atomic mass is 32.1. The Morgan fingerprint density at radius 2 is 1.86 bits per heavy atom. The van der Waals surface area contributed by atoms with Crippen molar-refractivity contribution < 1.29 is 13.9 Å². The van der Waals surface area contributed by atoms with Crippen molar-refractivity contribution in [2.24, 2.45) is 0 Å². The summed E-state index contributed by atoms with van der Waals surface area (Å²) in [7, 11) is 1.64. The third-order valence-corrected chi connectivity index (χ3v) is 5.05. The van der Waals surface area contributed by atoms with Gasteiger partial charge in [-0.25, -0.2) is 9.78 Å². The van der Waals surface area contributed by atoms with Gasteiger partial charge in [-0.3, -0.25) is 4.52 Å². The summed E-state index contributed by atoms with van der Waals surface area (Å²) < 4.78 is 11.8. The van der Waals surface area contributed by atoms with Crippen LogP contribution in [0.25, 0.3) is 29.2 Å². The van der Waals surface area contributed by atoms with Gasteiger partial charge in [0.25, 0.3) is 0 Å². The number of nitrogens with zero attached hydrogens (tertiary/aromatic N) is 2. The fourth-order valence-electron chi connectivity index (χ4n) is 2.72. The first kappa shape index (κ1) is 17.9. The van der Waals surface area contributed by atoms with Crippen molar-refractivity contribution in [3.63, 3.8) is 0 Å². The minimum atomic E-state index is -0.462. The number of aromatic amines is 1. The zero-order valence-electron chi connectivity index (χ0n) is 15.4. The molecule has 4 aromatic rings. The van der Waals surface area contributed by atoms with Crippen LogP contribution in [0, 0.1) is 6.92 Å². The Hall–Kier alpha value is -3.45. The number of hydrogen-bond donors (Lipinski definition) is 1. The number of hydrogen-bond acceptors (Lipinski definition) is 5. The van der Waals surface area contributed by atoms with Gasteiger partial charge in [-0.15, -0.1) is 11.3 Å². The molecule has 7 heteroatoms. The number of rotatable bonds is 5. The lowest BCUT2D eigenvalue weighted by molar-refractivity contribution is -0.660. The number of benzene rings is 2. The Kier molecular flexibility index (Phi) is 4.90. The van der Waals surface area contributed by atoms with E-state index in [0.717, 1.165) is 27.6 Å². The van der Waals surface area contributed by atoms with Crippen LogP contribution in [-0.4, -0.2) is 17.4 Å². The second-order valence-corrected chi connectivity index (χ2v) is 7.07. The predicted molar refractivity (Wildman–Crippen MR) is 109 cm³/mol. The molecule has 28 heavy (non-hydrogen) atoms. The number of ether oxygens (including phenoxy) is 1. The maximum atomic E-state index is 12.2. The van der Waals surface area contributed by atoms with Crippen LogP contribution < -0.4 is 15.0 Å². The molecule has 4 rings (SSSR count). The number of methoxy groups -OCH3 is 1. The van der Waals surface area contributed by atoms with Crippen LogP contribution in [0.4, 0.5) is 0 Å². The van der Waals surface area contributed by atoms with Crippen LogP contribution in [-0.2, 0) is 0 Å². The molecule has 0 amide bonds. The van der Waals surface area contributed by atoms with E-state index in [-0.39, 0.29) is 0 Å². The van der Waals surface area contributed by atoms with Gasteiger partial charge in [-0.1, -0.05) is 35.9 Å². The molecule has 0 fully saturated rings. The van der Waals surface area contributed by atoms with E-state index in [2.05, 4.69) is 10.3 Å². The van der Waals surface area contributed by atoms with E-state index in [1.807, 2.05) is 73.0 Å². The highest BCUT2D eigenvalue weighted by Gasteiger charge is 2.27. The van der Waals surface area contributed by atoms with Crippen molar-refractivity contribution in [3.8, 4) is 22.8 Å². The van der Waals surface area contributed by atoms with E-state index in [1.54, 1.807) is 11.8 Å². The molecule has 0 saturated carbocycles. The molecule has 0 atom stereocenters. The molecule has 0 bridgehead atoms. The lowest BCUT2D eigenvalue weighted by atomic mass is 10.2. The van der Waals surface area contributed by atoms with Crippen LogP contribution in [0.1, 0.15) is 16.1 Å². The Balaban J connectivity index is 1.62. The van der Waals surface area contributed by atoms with Crippen molar-refractivity contribution in [1.82, 2.24) is 10.3 Å². The quantitative estimate of drug-likeness (QED) is 0.524. The van der Waals surface area contributed by atoms with Gasteiger partial charge in [-0.2, -0.15) is 0 Å². The Morgan fingerprint density at radius 3 is 2.57 bits per heavy atom. The minimum Gasteiger partial charge on any atom is -0.497 e. The molecule has 0 unspecified atom stereocenters. The van der Waals surface area contributed by atoms with Gasteiger partial charge in [0.1, 0.15) is 10.8 Å². The van der Waals surface area contributed by atoms with Gasteiger partial charge in [0.15, 0.2) is 5.69 Å². The van der Waals surface area contributed by atoms with Gasteiger partial charge < -0.3 is 4.74 Å². The molecule has 2 heterocycles. The Morgan fingerprint density at radius 1 is 1.11 bits per heavy atom. The smallest absolute Gasteiger partial charge is 0.437 e. The number of thiazole rings is 1. The van der Waals surface area contributed by atoms with Crippen molar-refractivity contribution in [2.75, 3.05) is 7.11 Å². The van der Waals surface area contributed by atoms with E-state index >= 15 is 0 Å². The molecular formula is C21H18N3O3S+. The van der Waals surface area contributed by atoms with E-state index in [4.69, 9.17) is 9.26 Å². The molecule has 0 aliphatic heterocycles. The molecular weight excluding hydrogens is 374 g/mol. The fraction of sp³-hybridized carbons (Fsp3) is 0.0952. The maximum Gasteiger partial charge on any atom is 0.437 e. The Labute approximate surface area is 165 Å².